The lowest BCUT2D eigenvalue weighted by Gasteiger charge is -2.09. The van der Waals surface area contributed by atoms with Crippen LogP contribution in [0.5, 0.6) is 0 Å². The third-order valence-corrected chi connectivity index (χ3v) is 2.79. The third kappa shape index (κ3) is 2.99. The molecule has 0 unspecified atom stereocenters. The standard InChI is InChI=1S/C9H17N3OS/c1-4-14-5-7-11-9(13-12-7)8(10)6(2)3/h6,8H,4-5,10H2,1-3H3/t8-/m0/s1. The van der Waals surface area contributed by atoms with Gasteiger partial charge in [0, 0.05) is 0 Å². The smallest absolute Gasteiger partial charge is 0.243 e. The zero-order valence-electron chi connectivity index (χ0n) is 8.86. The second-order valence-corrected chi connectivity index (χ2v) is 4.73. The first-order valence-corrected chi connectivity index (χ1v) is 5.96. The Hall–Kier alpha value is -0.550. The fourth-order valence-electron chi connectivity index (χ4n) is 0.940. The predicted molar refractivity (Wildman–Crippen MR) is 57.9 cm³/mol. The molecule has 1 atom stereocenters. The van der Waals surface area contributed by atoms with Crippen LogP contribution in [0.4, 0.5) is 0 Å². The van der Waals surface area contributed by atoms with Gasteiger partial charge >= 0.3 is 0 Å². The van der Waals surface area contributed by atoms with Gasteiger partial charge in [-0.15, -0.1) is 0 Å². The third-order valence-electron chi connectivity index (χ3n) is 1.92. The Labute approximate surface area is 88.6 Å². The molecule has 0 amide bonds. The molecule has 0 aromatic carbocycles. The van der Waals surface area contributed by atoms with Crippen molar-refractivity contribution >= 4 is 11.8 Å². The molecule has 2 N–H and O–H groups in total. The van der Waals surface area contributed by atoms with Gasteiger partial charge in [-0.3, -0.25) is 0 Å². The summed E-state index contributed by atoms with van der Waals surface area (Å²) in [7, 11) is 0. The Morgan fingerprint density at radius 1 is 1.50 bits per heavy atom. The van der Waals surface area contributed by atoms with Crippen molar-refractivity contribution in [1.29, 1.82) is 0 Å². The Morgan fingerprint density at radius 3 is 2.79 bits per heavy atom. The highest BCUT2D eigenvalue weighted by atomic mass is 32.2. The van der Waals surface area contributed by atoms with Crippen LogP contribution in [0.1, 0.15) is 38.5 Å². The Kier molecular flexibility index (Phi) is 4.41. The summed E-state index contributed by atoms with van der Waals surface area (Å²) in [5.74, 6) is 3.46. The number of aromatic nitrogens is 2. The summed E-state index contributed by atoms with van der Waals surface area (Å²) in [6.45, 7) is 6.18. The second-order valence-electron chi connectivity index (χ2n) is 3.46. The lowest BCUT2D eigenvalue weighted by Crippen LogP contribution is -2.17. The van der Waals surface area contributed by atoms with Crippen LogP contribution in [0, 0.1) is 5.92 Å². The monoisotopic (exact) mass is 215 g/mol. The van der Waals surface area contributed by atoms with Gasteiger partial charge in [0.05, 0.1) is 11.8 Å². The van der Waals surface area contributed by atoms with Crippen LogP contribution in [0.2, 0.25) is 0 Å². The van der Waals surface area contributed by atoms with Gasteiger partial charge in [0.25, 0.3) is 0 Å². The highest BCUT2D eigenvalue weighted by Gasteiger charge is 2.17. The lowest BCUT2D eigenvalue weighted by molar-refractivity contribution is 0.323. The van der Waals surface area contributed by atoms with E-state index in [-0.39, 0.29) is 6.04 Å². The van der Waals surface area contributed by atoms with Crippen LogP contribution in [-0.2, 0) is 5.75 Å². The van der Waals surface area contributed by atoms with Crippen molar-refractivity contribution in [2.75, 3.05) is 5.75 Å². The summed E-state index contributed by atoms with van der Waals surface area (Å²) in [4.78, 5) is 4.25. The first kappa shape index (κ1) is 11.5. The molecule has 0 aliphatic heterocycles. The molecule has 14 heavy (non-hydrogen) atoms. The first-order valence-electron chi connectivity index (χ1n) is 4.81. The highest BCUT2D eigenvalue weighted by Crippen LogP contribution is 2.17. The summed E-state index contributed by atoms with van der Waals surface area (Å²) in [5, 5.41) is 3.87. The average molecular weight is 215 g/mol. The molecule has 0 spiro atoms. The number of hydrogen-bond donors (Lipinski definition) is 1. The molecule has 80 valence electrons. The van der Waals surface area contributed by atoms with E-state index in [0.717, 1.165) is 17.3 Å². The van der Waals surface area contributed by atoms with Gasteiger partial charge in [-0.25, -0.2) is 0 Å². The van der Waals surface area contributed by atoms with E-state index in [1.54, 1.807) is 11.8 Å². The second kappa shape index (κ2) is 5.36. The molecule has 1 rings (SSSR count). The maximum atomic E-state index is 5.88. The van der Waals surface area contributed by atoms with Gasteiger partial charge in [-0.2, -0.15) is 16.7 Å². The highest BCUT2D eigenvalue weighted by molar-refractivity contribution is 7.98. The van der Waals surface area contributed by atoms with Crippen LogP contribution < -0.4 is 5.73 Å². The number of hydrogen-bond acceptors (Lipinski definition) is 5. The van der Waals surface area contributed by atoms with E-state index >= 15 is 0 Å². The molecule has 1 aromatic heterocycles. The van der Waals surface area contributed by atoms with E-state index < -0.39 is 0 Å². The van der Waals surface area contributed by atoms with Crippen LogP contribution in [0.25, 0.3) is 0 Å². The van der Waals surface area contributed by atoms with Gasteiger partial charge in [0.2, 0.25) is 5.89 Å². The minimum absolute atomic E-state index is 0.150. The molecular weight excluding hydrogens is 198 g/mol. The lowest BCUT2D eigenvalue weighted by atomic mass is 10.1. The van der Waals surface area contributed by atoms with Crippen molar-refractivity contribution in [3.63, 3.8) is 0 Å². The van der Waals surface area contributed by atoms with E-state index in [2.05, 4.69) is 17.1 Å². The van der Waals surface area contributed by atoms with Gasteiger partial charge in [-0.05, 0) is 11.7 Å². The molecule has 1 aromatic rings. The Bertz CT molecular complexity index is 275. The normalized spacial score (nSPS) is 13.5. The first-order chi connectivity index (χ1) is 6.65. The quantitative estimate of drug-likeness (QED) is 0.813. The fraction of sp³-hybridized carbons (Fsp3) is 0.778. The molecule has 0 aliphatic rings. The van der Waals surface area contributed by atoms with Gasteiger partial charge in [0.1, 0.15) is 0 Å². The summed E-state index contributed by atoms with van der Waals surface area (Å²) in [5.41, 5.74) is 5.88. The largest absolute Gasteiger partial charge is 0.338 e. The maximum Gasteiger partial charge on any atom is 0.243 e. The number of nitrogens with two attached hydrogens (primary N) is 1. The molecule has 0 radical (unpaired) electrons. The molecular formula is C9H17N3OS. The molecule has 0 saturated carbocycles. The summed E-state index contributed by atoms with van der Waals surface area (Å²) < 4.78 is 5.09. The van der Waals surface area contributed by atoms with Crippen molar-refractivity contribution < 1.29 is 4.52 Å². The van der Waals surface area contributed by atoms with Crippen LogP contribution in [-0.4, -0.2) is 15.9 Å². The van der Waals surface area contributed by atoms with Gasteiger partial charge in [-0.1, -0.05) is 25.9 Å². The maximum absolute atomic E-state index is 5.88. The number of nitrogens with zero attached hydrogens (tertiary/aromatic N) is 2. The minimum Gasteiger partial charge on any atom is -0.338 e. The fourth-order valence-corrected chi connectivity index (χ4v) is 1.44. The van der Waals surface area contributed by atoms with Gasteiger partial charge in [0.15, 0.2) is 5.82 Å². The topological polar surface area (TPSA) is 64.9 Å². The molecule has 1 heterocycles. The average Bonchev–Trinajstić information content (AvgIpc) is 2.61. The molecule has 4 nitrogen and oxygen atoms in total. The van der Waals surface area contributed by atoms with Crippen LogP contribution >= 0.6 is 11.8 Å². The zero-order chi connectivity index (χ0) is 10.6. The Balaban J connectivity index is 2.58. The minimum atomic E-state index is -0.150. The van der Waals surface area contributed by atoms with E-state index in [1.165, 1.54) is 0 Å². The zero-order valence-corrected chi connectivity index (χ0v) is 9.67. The van der Waals surface area contributed by atoms with E-state index in [4.69, 9.17) is 10.3 Å². The van der Waals surface area contributed by atoms with Crippen molar-refractivity contribution in [3.8, 4) is 0 Å². The molecule has 0 aliphatic carbocycles. The summed E-state index contributed by atoms with van der Waals surface area (Å²) >= 11 is 1.77. The summed E-state index contributed by atoms with van der Waals surface area (Å²) in [6.07, 6.45) is 0. The van der Waals surface area contributed by atoms with Crippen molar-refractivity contribution in [3.05, 3.63) is 11.7 Å². The van der Waals surface area contributed by atoms with E-state index in [9.17, 15) is 0 Å². The SMILES string of the molecule is CCSCc1noc([C@@H](N)C(C)C)n1. The number of thioether (sulfide) groups is 1. The molecule has 0 fully saturated rings. The van der Waals surface area contributed by atoms with Crippen LogP contribution in [0.3, 0.4) is 0 Å². The van der Waals surface area contributed by atoms with Crippen molar-refractivity contribution in [2.45, 2.75) is 32.6 Å². The van der Waals surface area contributed by atoms with Crippen LogP contribution in [0.15, 0.2) is 4.52 Å². The summed E-state index contributed by atoms with van der Waals surface area (Å²) in [6, 6.07) is -0.150. The number of rotatable bonds is 5. The van der Waals surface area contributed by atoms with Crippen molar-refractivity contribution in [2.24, 2.45) is 11.7 Å². The van der Waals surface area contributed by atoms with E-state index in [1.807, 2.05) is 13.8 Å². The molecule has 0 bridgehead atoms. The van der Waals surface area contributed by atoms with Crippen molar-refractivity contribution in [1.82, 2.24) is 10.1 Å². The van der Waals surface area contributed by atoms with E-state index in [0.29, 0.717) is 11.8 Å². The predicted octanol–water partition coefficient (Wildman–Crippen LogP) is 1.98. The molecule has 0 saturated heterocycles. The Morgan fingerprint density at radius 2 is 2.21 bits per heavy atom. The molecule has 5 heteroatoms. The van der Waals surface area contributed by atoms with Gasteiger partial charge < -0.3 is 10.3 Å².